The van der Waals surface area contributed by atoms with Gasteiger partial charge in [0.2, 0.25) is 0 Å². The first-order valence-electron chi connectivity index (χ1n) is 10.1. The summed E-state index contributed by atoms with van der Waals surface area (Å²) in [6.07, 6.45) is 2.37. The molecular weight excluding hydrogens is 312 g/mol. The summed E-state index contributed by atoms with van der Waals surface area (Å²) in [7, 11) is 0. The molecule has 3 aliphatic rings. The van der Waals surface area contributed by atoms with Crippen LogP contribution in [0.15, 0.2) is 59.7 Å². The smallest absolute Gasteiger partial charge is 0.0308 e. The Kier molecular flexibility index (Phi) is 3.95. The zero-order valence-corrected chi connectivity index (χ0v) is 17.2. The van der Waals surface area contributed by atoms with E-state index < -0.39 is 0 Å². The molecule has 0 spiro atoms. The lowest BCUT2D eigenvalue weighted by atomic mass is 9.57. The molecule has 0 N–H and O–H groups in total. The molecular formula is C26H32. The first kappa shape index (κ1) is 17.6. The highest BCUT2D eigenvalue weighted by Crippen LogP contribution is 2.59. The van der Waals surface area contributed by atoms with Crippen LogP contribution in [0.4, 0.5) is 0 Å². The fraction of sp³-hybridized carbons (Fsp3) is 0.462. The van der Waals surface area contributed by atoms with Gasteiger partial charge in [0, 0.05) is 11.8 Å². The molecule has 5 rings (SSSR count). The van der Waals surface area contributed by atoms with Crippen molar-refractivity contribution in [2.45, 2.75) is 66.2 Å². The highest BCUT2D eigenvalue weighted by molar-refractivity contribution is 5.65. The van der Waals surface area contributed by atoms with Crippen molar-refractivity contribution in [2.24, 2.45) is 10.8 Å². The number of hydrogen-bond donors (Lipinski definition) is 0. The van der Waals surface area contributed by atoms with Gasteiger partial charge in [-0.05, 0) is 45.9 Å². The molecule has 0 aromatic heterocycles. The van der Waals surface area contributed by atoms with Crippen molar-refractivity contribution in [3.8, 4) is 0 Å². The van der Waals surface area contributed by atoms with E-state index in [4.69, 9.17) is 0 Å². The van der Waals surface area contributed by atoms with E-state index in [-0.39, 0.29) is 0 Å². The standard InChI is InChI=1S/C26H32/c1-25(2,3)15-21-22(16-26(4,5)6)24-19-13-9-7-11-17(19)23(21)18-12-8-10-14-20(18)24/h7-14,23-24H,15-16H2,1-6H3. The van der Waals surface area contributed by atoms with Gasteiger partial charge in [-0.2, -0.15) is 0 Å². The third kappa shape index (κ3) is 2.94. The van der Waals surface area contributed by atoms with Gasteiger partial charge in [0.05, 0.1) is 0 Å². The van der Waals surface area contributed by atoms with Crippen LogP contribution >= 0.6 is 0 Å². The van der Waals surface area contributed by atoms with Crippen molar-refractivity contribution in [2.75, 3.05) is 0 Å². The summed E-state index contributed by atoms with van der Waals surface area (Å²) in [5, 5.41) is 0. The minimum atomic E-state index is 0.305. The SMILES string of the molecule is CC(C)(C)CC1=C(CC(C)(C)C)C2c3ccccc3C1c1ccccc12. The second-order valence-corrected chi connectivity index (χ2v) is 10.6. The van der Waals surface area contributed by atoms with Gasteiger partial charge in [-0.3, -0.25) is 0 Å². The van der Waals surface area contributed by atoms with Gasteiger partial charge in [-0.15, -0.1) is 0 Å². The van der Waals surface area contributed by atoms with E-state index in [1.54, 1.807) is 33.4 Å². The minimum Gasteiger partial charge on any atom is -0.0619 e. The van der Waals surface area contributed by atoms with E-state index in [9.17, 15) is 0 Å². The van der Waals surface area contributed by atoms with Crippen LogP contribution in [0, 0.1) is 10.8 Å². The van der Waals surface area contributed by atoms with Crippen molar-refractivity contribution < 1.29 is 0 Å². The van der Waals surface area contributed by atoms with E-state index in [1.807, 2.05) is 0 Å². The lowest BCUT2D eigenvalue weighted by Crippen LogP contribution is -2.31. The predicted molar refractivity (Wildman–Crippen MR) is 112 cm³/mol. The van der Waals surface area contributed by atoms with Crippen LogP contribution in [0.5, 0.6) is 0 Å². The van der Waals surface area contributed by atoms with Crippen LogP contribution < -0.4 is 0 Å². The van der Waals surface area contributed by atoms with Gasteiger partial charge >= 0.3 is 0 Å². The third-order valence-electron chi connectivity index (χ3n) is 5.79. The summed E-state index contributed by atoms with van der Waals surface area (Å²) >= 11 is 0. The Morgan fingerprint density at radius 2 is 0.808 bits per heavy atom. The number of hydrogen-bond acceptors (Lipinski definition) is 0. The lowest BCUT2D eigenvalue weighted by Gasteiger charge is -2.46. The third-order valence-corrected chi connectivity index (χ3v) is 5.79. The zero-order valence-electron chi connectivity index (χ0n) is 17.2. The molecule has 0 heterocycles. The van der Waals surface area contributed by atoms with E-state index in [1.165, 1.54) is 12.8 Å². The topological polar surface area (TPSA) is 0 Å². The summed E-state index contributed by atoms with van der Waals surface area (Å²) in [5.74, 6) is 0.896. The highest BCUT2D eigenvalue weighted by atomic mass is 14.5. The van der Waals surface area contributed by atoms with Gasteiger partial charge in [0.1, 0.15) is 0 Å². The molecule has 0 saturated heterocycles. The van der Waals surface area contributed by atoms with Crippen LogP contribution in [-0.2, 0) is 0 Å². The fourth-order valence-electron chi connectivity index (χ4n) is 5.10. The van der Waals surface area contributed by atoms with Crippen molar-refractivity contribution in [1.82, 2.24) is 0 Å². The molecule has 2 aromatic rings. The Hall–Kier alpha value is -1.82. The van der Waals surface area contributed by atoms with E-state index in [2.05, 4.69) is 90.1 Å². The fourth-order valence-corrected chi connectivity index (χ4v) is 5.10. The predicted octanol–water partition coefficient (Wildman–Crippen LogP) is 7.45. The Morgan fingerprint density at radius 3 is 1.04 bits per heavy atom. The molecule has 2 aromatic carbocycles. The summed E-state index contributed by atoms with van der Waals surface area (Å²) in [4.78, 5) is 0. The maximum Gasteiger partial charge on any atom is 0.0308 e. The van der Waals surface area contributed by atoms with Gasteiger partial charge in [-0.25, -0.2) is 0 Å². The zero-order chi connectivity index (χ0) is 18.7. The molecule has 0 atom stereocenters. The second-order valence-electron chi connectivity index (χ2n) is 10.6. The summed E-state index contributed by atoms with van der Waals surface area (Å²) in [6.45, 7) is 14.3. The number of rotatable bonds is 2. The Bertz CT molecular complexity index is 748. The number of allylic oxidation sites excluding steroid dienone is 2. The summed E-state index contributed by atoms with van der Waals surface area (Å²) < 4.78 is 0. The first-order chi connectivity index (χ1) is 12.2. The molecule has 0 nitrogen and oxygen atoms in total. The normalized spacial score (nSPS) is 21.6. The van der Waals surface area contributed by atoms with Crippen molar-refractivity contribution in [1.29, 1.82) is 0 Å². The van der Waals surface area contributed by atoms with Crippen LogP contribution in [-0.4, -0.2) is 0 Å². The quantitative estimate of drug-likeness (QED) is 0.496. The lowest BCUT2D eigenvalue weighted by molar-refractivity contribution is 0.371. The second kappa shape index (κ2) is 5.84. The maximum absolute atomic E-state index is 2.38. The molecule has 136 valence electrons. The Balaban J connectivity index is 1.98. The van der Waals surface area contributed by atoms with Crippen LogP contribution in [0.25, 0.3) is 0 Å². The molecule has 0 heteroatoms. The Morgan fingerprint density at radius 1 is 0.538 bits per heavy atom. The molecule has 2 bridgehead atoms. The highest BCUT2D eigenvalue weighted by Gasteiger charge is 2.43. The first-order valence-corrected chi connectivity index (χ1v) is 10.1. The molecule has 0 aliphatic heterocycles. The van der Waals surface area contributed by atoms with E-state index >= 15 is 0 Å². The van der Waals surface area contributed by atoms with E-state index in [0.717, 1.165) is 0 Å². The number of benzene rings is 2. The van der Waals surface area contributed by atoms with Crippen molar-refractivity contribution in [3.05, 3.63) is 81.9 Å². The molecule has 0 fully saturated rings. The molecule has 0 saturated carbocycles. The van der Waals surface area contributed by atoms with Gasteiger partial charge in [-0.1, -0.05) is 101 Å². The van der Waals surface area contributed by atoms with Gasteiger partial charge < -0.3 is 0 Å². The molecule has 26 heavy (non-hydrogen) atoms. The average Bonchev–Trinajstić information content (AvgIpc) is 2.54. The summed E-state index contributed by atoms with van der Waals surface area (Å²) in [5.41, 5.74) is 10.2. The molecule has 3 aliphatic carbocycles. The van der Waals surface area contributed by atoms with Crippen LogP contribution in [0.1, 0.15) is 88.5 Å². The maximum atomic E-state index is 2.38. The average molecular weight is 345 g/mol. The molecule has 0 radical (unpaired) electrons. The molecule has 0 amide bonds. The van der Waals surface area contributed by atoms with Gasteiger partial charge in [0.15, 0.2) is 0 Å². The largest absolute Gasteiger partial charge is 0.0619 e. The van der Waals surface area contributed by atoms with E-state index in [0.29, 0.717) is 22.7 Å². The van der Waals surface area contributed by atoms with Crippen LogP contribution in [0.2, 0.25) is 0 Å². The van der Waals surface area contributed by atoms with Crippen LogP contribution in [0.3, 0.4) is 0 Å². The summed E-state index contributed by atoms with van der Waals surface area (Å²) in [6, 6.07) is 18.4. The Labute approximate surface area is 159 Å². The molecule has 0 unspecified atom stereocenters. The minimum absolute atomic E-state index is 0.305. The monoisotopic (exact) mass is 344 g/mol. The van der Waals surface area contributed by atoms with Crippen molar-refractivity contribution >= 4 is 0 Å². The van der Waals surface area contributed by atoms with Gasteiger partial charge in [0.25, 0.3) is 0 Å². The van der Waals surface area contributed by atoms with Crippen molar-refractivity contribution in [3.63, 3.8) is 0 Å².